The molecule has 0 aromatic heterocycles. The average Bonchev–Trinajstić information content (AvgIpc) is 2.14. The van der Waals surface area contributed by atoms with E-state index in [1.807, 2.05) is 0 Å². The molecule has 0 unspecified atom stereocenters. The predicted octanol–water partition coefficient (Wildman–Crippen LogP) is 1.67. The smallest absolute Gasteiger partial charge is 0.306 e. The van der Waals surface area contributed by atoms with Gasteiger partial charge in [-0.25, -0.2) is 0 Å². The van der Waals surface area contributed by atoms with Crippen LogP contribution in [0.2, 0.25) is 0 Å². The van der Waals surface area contributed by atoms with E-state index < -0.39 is 5.97 Å². The number of carboxylic acid groups (broad SMARTS) is 1. The molecule has 0 radical (unpaired) electrons. The van der Waals surface area contributed by atoms with Crippen molar-refractivity contribution in [3.63, 3.8) is 0 Å². The summed E-state index contributed by atoms with van der Waals surface area (Å²) in [5.74, 6) is -0.666. The highest BCUT2D eigenvalue weighted by Crippen LogP contribution is 2.30. The highest BCUT2D eigenvalue weighted by molar-refractivity contribution is 14.1. The molecule has 0 amide bonds. The maximum atomic E-state index is 10.3. The first-order valence-electron chi connectivity index (χ1n) is 3.07. The Bertz CT molecular complexity index is 124. The largest absolute Gasteiger partial charge is 0.481 e. The van der Waals surface area contributed by atoms with Crippen LogP contribution in [0.25, 0.3) is 0 Å². The molecule has 1 aliphatic rings. The predicted molar refractivity (Wildman–Crippen MR) is 42.8 cm³/mol. The monoisotopic (exact) mass is 240 g/mol. The van der Waals surface area contributed by atoms with E-state index in [0.717, 1.165) is 19.3 Å². The fourth-order valence-corrected chi connectivity index (χ4v) is 2.12. The van der Waals surface area contributed by atoms with Gasteiger partial charge in [0.05, 0.1) is 5.92 Å². The van der Waals surface area contributed by atoms with Gasteiger partial charge in [0, 0.05) is 3.92 Å². The maximum absolute atomic E-state index is 10.3. The molecule has 2 atom stereocenters. The van der Waals surface area contributed by atoms with Gasteiger partial charge in [-0.1, -0.05) is 22.6 Å². The van der Waals surface area contributed by atoms with Crippen LogP contribution in [0.1, 0.15) is 19.3 Å². The Balaban J connectivity index is 2.39. The highest BCUT2D eigenvalue weighted by atomic mass is 127. The van der Waals surface area contributed by atoms with Crippen LogP contribution in [0.3, 0.4) is 0 Å². The van der Waals surface area contributed by atoms with Crippen molar-refractivity contribution < 1.29 is 9.90 Å². The van der Waals surface area contributed by atoms with Gasteiger partial charge in [-0.15, -0.1) is 0 Å². The van der Waals surface area contributed by atoms with Crippen LogP contribution in [0.4, 0.5) is 0 Å². The van der Waals surface area contributed by atoms with Crippen molar-refractivity contribution in [2.24, 2.45) is 5.92 Å². The second-order valence-corrected chi connectivity index (χ2v) is 4.21. The Hall–Kier alpha value is 0.200. The number of carboxylic acids is 1. The summed E-state index contributed by atoms with van der Waals surface area (Å²) >= 11 is 2.32. The van der Waals surface area contributed by atoms with Crippen molar-refractivity contribution in [2.75, 3.05) is 0 Å². The van der Waals surface area contributed by atoms with Gasteiger partial charge >= 0.3 is 5.97 Å². The minimum absolute atomic E-state index is 0.0492. The minimum atomic E-state index is -0.617. The second kappa shape index (κ2) is 2.86. The van der Waals surface area contributed by atoms with E-state index in [9.17, 15) is 4.79 Å². The molecular formula is C6H9IO2. The summed E-state index contributed by atoms with van der Waals surface area (Å²) in [6.07, 6.45) is 2.83. The van der Waals surface area contributed by atoms with Crippen LogP contribution >= 0.6 is 22.6 Å². The number of aliphatic carboxylic acids is 1. The quantitative estimate of drug-likeness (QED) is 0.559. The lowest BCUT2D eigenvalue weighted by Crippen LogP contribution is -2.09. The minimum Gasteiger partial charge on any atom is -0.481 e. The molecule has 1 rings (SSSR count). The molecule has 9 heavy (non-hydrogen) atoms. The fourth-order valence-electron chi connectivity index (χ4n) is 1.15. The van der Waals surface area contributed by atoms with E-state index in [0.29, 0.717) is 3.92 Å². The summed E-state index contributed by atoms with van der Waals surface area (Å²) in [6.45, 7) is 0. The Kier molecular flexibility index (Phi) is 2.32. The second-order valence-electron chi connectivity index (χ2n) is 2.45. The SMILES string of the molecule is O=C(O)[C@@H]1CC[C@@H](I)C1. The van der Waals surface area contributed by atoms with Crippen LogP contribution in [-0.2, 0) is 4.79 Å². The molecule has 0 aromatic carbocycles. The van der Waals surface area contributed by atoms with Crippen molar-refractivity contribution in [1.29, 1.82) is 0 Å². The number of carbonyl (C=O) groups is 1. The summed E-state index contributed by atoms with van der Waals surface area (Å²) < 4.78 is 0.601. The lowest BCUT2D eigenvalue weighted by Gasteiger charge is -1.98. The van der Waals surface area contributed by atoms with Crippen LogP contribution in [0, 0.1) is 5.92 Å². The number of alkyl halides is 1. The average molecular weight is 240 g/mol. The number of halogens is 1. The molecular weight excluding hydrogens is 231 g/mol. The van der Waals surface area contributed by atoms with Crippen molar-refractivity contribution in [1.82, 2.24) is 0 Å². The lowest BCUT2D eigenvalue weighted by atomic mass is 10.1. The van der Waals surface area contributed by atoms with E-state index >= 15 is 0 Å². The normalized spacial score (nSPS) is 34.8. The van der Waals surface area contributed by atoms with Gasteiger partial charge in [0.25, 0.3) is 0 Å². The molecule has 0 heterocycles. The van der Waals surface area contributed by atoms with Crippen LogP contribution in [-0.4, -0.2) is 15.0 Å². The van der Waals surface area contributed by atoms with Crippen LogP contribution < -0.4 is 0 Å². The molecule has 52 valence electrons. The van der Waals surface area contributed by atoms with E-state index in [-0.39, 0.29) is 5.92 Å². The van der Waals surface area contributed by atoms with Crippen LogP contribution in [0.5, 0.6) is 0 Å². The van der Waals surface area contributed by atoms with Crippen LogP contribution in [0.15, 0.2) is 0 Å². The molecule has 0 aromatic rings. The first-order chi connectivity index (χ1) is 4.20. The van der Waals surface area contributed by atoms with E-state index in [1.165, 1.54) is 0 Å². The van der Waals surface area contributed by atoms with E-state index in [1.54, 1.807) is 0 Å². The molecule has 1 fully saturated rings. The van der Waals surface area contributed by atoms with Crippen molar-refractivity contribution in [3.05, 3.63) is 0 Å². The van der Waals surface area contributed by atoms with Gasteiger partial charge in [0.15, 0.2) is 0 Å². The highest BCUT2D eigenvalue weighted by Gasteiger charge is 2.27. The van der Waals surface area contributed by atoms with Gasteiger partial charge in [-0.05, 0) is 19.3 Å². The standard InChI is InChI=1S/C6H9IO2/c7-5-2-1-4(3-5)6(8)9/h4-5H,1-3H2,(H,8,9)/t4-,5-/m1/s1. The summed E-state index contributed by atoms with van der Waals surface area (Å²) in [5.41, 5.74) is 0. The Morgan fingerprint density at radius 2 is 2.22 bits per heavy atom. The third-order valence-electron chi connectivity index (χ3n) is 1.72. The molecule has 1 saturated carbocycles. The molecule has 1 N–H and O–H groups in total. The van der Waals surface area contributed by atoms with Crippen molar-refractivity contribution >= 4 is 28.6 Å². The Labute approximate surface area is 67.8 Å². The molecule has 0 spiro atoms. The zero-order valence-electron chi connectivity index (χ0n) is 5.01. The van der Waals surface area contributed by atoms with Crippen molar-refractivity contribution in [2.45, 2.75) is 23.2 Å². The molecule has 2 nitrogen and oxygen atoms in total. The molecule has 0 bridgehead atoms. The molecule has 1 aliphatic carbocycles. The summed E-state index contributed by atoms with van der Waals surface area (Å²) in [4.78, 5) is 10.3. The third-order valence-corrected chi connectivity index (χ3v) is 2.85. The van der Waals surface area contributed by atoms with Gasteiger partial charge in [-0.2, -0.15) is 0 Å². The zero-order valence-corrected chi connectivity index (χ0v) is 7.17. The number of hydrogen-bond acceptors (Lipinski definition) is 1. The molecule has 0 saturated heterocycles. The van der Waals surface area contributed by atoms with E-state index in [2.05, 4.69) is 22.6 Å². The van der Waals surface area contributed by atoms with Crippen molar-refractivity contribution in [3.8, 4) is 0 Å². The summed E-state index contributed by atoms with van der Waals surface area (Å²) in [5, 5.41) is 8.53. The third kappa shape index (κ3) is 1.81. The first-order valence-corrected chi connectivity index (χ1v) is 4.31. The van der Waals surface area contributed by atoms with Gasteiger partial charge in [0.2, 0.25) is 0 Å². The Morgan fingerprint density at radius 3 is 2.44 bits per heavy atom. The number of rotatable bonds is 1. The lowest BCUT2D eigenvalue weighted by molar-refractivity contribution is -0.141. The topological polar surface area (TPSA) is 37.3 Å². The first kappa shape index (κ1) is 7.31. The summed E-state index contributed by atoms with van der Waals surface area (Å²) in [7, 11) is 0. The Morgan fingerprint density at radius 1 is 1.56 bits per heavy atom. The number of hydrogen-bond donors (Lipinski definition) is 1. The molecule has 0 aliphatic heterocycles. The van der Waals surface area contributed by atoms with Gasteiger partial charge in [0.1, 0.15) is 0 Å². The van der Waals surface area contributed by atoms with Gasteiger partial charge in [-0.3, -0.25) is 4.79 Å². The molecule has 3 heteroatoms. The zero-order chi connectivity index (χ0) is 6.85. The van der Waals surface area contributed by atoms with E-state index in [4.69, 9.17) is 5.11 Å². The summed E-state index contributed by atoms with van der Waals surface area (Å²) in [6, 6.07) is 0. The van der Waals surface area contributed by atoms with Gasteiger partial charge < -0.3 is 5.11 Å². The maximum Gasteiger partial charge on any atom is 0.306 e. The fraction of sp³-hybridized carbons (Fsp3) is 0.833.